The standard InChI is InChI=1S/C13H8Cl2FNO2/c14-9-3-8(4-10(15)5-9)11-1-7(2-12(18)19)6-17-13(11)16/h1,3-6H,2H2,(H,18,19). The van der Waals surface area contributed by atoms with E-state index in [2.05, 4.69) is 4.98 Å². The van der Waals surface area contributed by atoms with Gasteiger partial charge in [0.25, 0.3) is 0 Å². The van der Waals surface area contributed by atoms with Crippen molar-refractivity contribution < 1.29 is 14.3 Å². The van der Waals surface area contributed by atoms with E-state index in [0.717, 1.165) is 0 Å². The molecule has 0 aliphatic carbocycles. The fraction of sp³-hybridized carbons (Fsp3) is 0.0769. The number of carboxylic acids is 1. The van der Waals surface area contributed by atoms with Gasteiger partial charge < -0.3 is 5.11 Å². The Morgan fingerprint density at radius 2 is 1.84 bits per heavy atom. The first-order chi connectivity index (χ1) is 8.95. The van der Waals surface area contributed by atoms with E-state index in [-0.39, 0.29) is 12.0 Å². The van der Waals surface area contributed by atoms with E-state index in [1.165, 1.54) is 30.5 Å². The minimum absolute atomic E-state index is 0.170. The first-order valence-corrected chi connectivity index (χ1v) is 6.04. The fourth-order valence-corrected chi connectivity index (χ4v) is 2.20. The van der Waals surface area contributed by atoms with Crippen molar-refractivity contribution in [3.8, 4) is 11.1 Å². The second-order valence-electron chi connectivity index (χ2n) is 3.91. The molecule has 6 heteroatoms. The molecule has 0 saturated carbocycles. The van der Waals surface area contributed by atoms with Crippen LogP contribution in [0.5, 0.6) is 0 Å². The normalized spacial score (nSPS) is 10.5. The zero-order valence-electron chi connectivity index (χ0n) is 9.53. The highest BCUT2D eigenvalue weighted by Gasteiger charge is 2.11. The molecular weight excluding hydrogens is 292 g/mol. The van der Waals surface area contributed by atoms with Gasteiger partial charge in [-0.15, -0.1) is 0 Å². The van der Waals surface area contributed by atoms with Crippen LogP contribution in [0.3, 0.4) is 0 Å². The van der Waals surface area contributed by atoms with Crippen LogP contribution in [0.1, 0.15) is 5.56 Å². The molecule has 0 aliphatic rings. The number of carbonyl (C=O) groups is 1. The molecule has 0 spiro atoms. The van der Waals surface area contributed by atoms with Gasteiger partial charge >= 0.3 is 5.97 Å². The number of pyridine rings is 1. The maximum absolute atomic E-state index is 13.7. The first kappa shape index (κ1) is 13.8. The Labute approximate surface area is 118 Å². The molecule has 1 heterocycles. The van der Waals surface area contributed by atoms with Crippen molar-refractivity contribution in [1.82, 2.24) is 4.98 Å². The van der Waals surface area contributed by atoms with Gasteiger partial charge in [0.1, 0.15) is 0 Å². The maximum atomic E-state index is 13.7. The summed E-state index contributed by atoms with van der Waals surface area (Å²) in [5.41, 5.74) is 1.03. The van der Waals surface area contributed by atoms with Crippen LogP contribution in [0.2, 0.25) is 10.0 Å². The molecule has 0 saturated heterocycles. The lowest BCUT2D eigenvalue weighted by atomic mass is 10.0. The van der Waals surface area contributed by atoms with Gasteiger partial charge in [-0.1, -0.05) is 23.2 Å². The Kier molecular flexibility index (Phi) is 4.02. The lowest BCUT2D eigenvalue weighted by Gasteiger charge is -2.06. The average Bonchev–Trinajstić information content (AvgIpc) is 2.29. The highest BCUT2D eigenvalue weighted by atomic mass is 35.5. The van der Waals surface area contributed by atoms with Gasteiger partial charge in [0, 0.05) is 21.8 Å². The van der Waals surface area contributed by atoms with Crippen LogP contribution in [0.4, 0.5) is 4.39 Å². The van der Waals surface area contributed by atoms with Gasteiger partial charge in [-0.25, -0.2) is 4.98 Å². The number of carboxylic acid groups (broad SMARTS) is 1. The molecule has 0 bridgehead atoms. The number of nitrogens with zero attached hydrogens (tertiary/aromatic N) is 1. The summed E-state index contributed by atoms with van der Waals surface area (Å²) in [6, 6.07) is 6.04. The third-order valence-electron chi connectivity index (χ3n) is 2.42. The summed E-state index contributed by atoms with van der Waals surface area (Å²) in [5.74, 6) is -1.71. The zero-order chi connectivity index (χ0) is 14.0. The Morgan fingerprint density at radius 3 is 2.42 bits per heavy atom. The van der Waals surface area contributed by atoms with Crippen molar-refractivity contribution in [3.05, 3.63) is 52.0 Å². The molecule has 3 nitrogen and oxygen atoms in total. The van der Waals surface area contributed by atoms with E-state index >= 15 is 0 Å². The maximum Gasteiger partial charge on any atom is 0.307 e. The van der Waals surface area contributed by atoms with E-state index in [0.29, 0.717) is 21.2 Å². The second kappa shape index (κ2) is 5.55. The number of hydrogen-bond donors (Lipinski definition) is 1. The van der Waals surface area contributed by atoms with Crippen molar-refractivity contribution in [3.63, 3.8) is 0 Å². The largest absolute Gasteiger partial charge is 0.481 e. The molecule has 0 unspecified atom stereocenters. The average molecular weight is 300 g/mol. The van der Waals surface area contributed by atoms with E-state index in [1.54, 1.807) is 0 Å². The zero-order valence-corrected chi connectivity index (χ0v) is 11.0. The predicted octanol–water partition coefficient (Wildman–Crippen LogP) is 3.82. The number of benzene rings is 1. The SMILES string of the molecule is O=C(O)Cc1cnc(F)c(-c2cc(Cl)cc(Cl)c2)c1. The molecule has 0 aliphatic heterocycles. The lowest BCUT2D eigenvalue weighted by molar-refractivity contribution is -0.136. The van der Waals surface area contributed by atoms with Crippen molar-refractivity contribution in [1.29, 1.82) is 0 Å². The summed E-state index contributed by atoms with van der Waals surface area (Å²) >= 11 is 11.7. The molecule has 0 fully saturated rings. The molecule has 1 aromatic heterocycles. The van der Waals surface area contributed by atoms with E-state index in [9.17, 15) is 9.18 Å². The van der Waals surface area contributed by atoms with Gasteiger partial charge in [0.15, 0.2) is 0 Å². The summed E-state index contributed by atoms with van der Waals surface area (Å²) in [6.45, 7) is 0. The summed E-state index contributed by atoms with van der Waals surface area (Å²) in [5, 5.41) is 9.45. The van der Waals surface area contributed by atoms with Crippen molar-refractivity contribution in [2.45, 2.75) is 6.42 Å². The topological polar surface area (TPSA) is 50.2 Å². The van der Waals surface area contributed by atoms with Gasteiger partial charge in [-0.05, 0) is 35.4 Å². The van der Waals surface area contributed by atoms with E-state index in [4.69, 9.17) is 28.3 Å². The summed E-state index contributed by atoms with van der Waals surface area (Å²) in [6.07, 6.45) is 0.966. The predicted molar refractivity (Wildman–Crippen MR) is 71.0 cm³/mol. The quantitative estimate of drug-likeness (QED) is 0.877. The van der Waals surface area contributed by atoms with Gasteiger partial charge in [0.2, 0.25) is 5.95 Å². The monoisotopic (exact) mass is 299 g/mol. The fourth-order valence-electron chi connectivity index (χ4n) is 1.67. The minimum Gasteiger partial charge on any atom is -0.481 e. The van der Waals surface area contributed by atoms with Crippen molar-refractivity contribution in [2.75, 3.05) is 0 Å². The first-order valence-electron chi connectivity index (χ1n) is 5.28. The number of halogens is 3. The van der Waals surface area contributed by atoms with Gasteiger partial charge in [0.05, 0.1) is 6.42 Å². The Hall–Kier alpha value is -1.65. The smallest absolute Gasteiger partial charge is 0.307 e. The summed E-state index contributed by atoms with van der Waals surface area (Å²) in [7, 11) is 0. The van der Waals surface area contributed by atoms with Crippen LogP contribution in [-0.2, 0) is 11.2 Å². The summed E-state index contributed by atoms with van der Waals surface area (Å²) in [4.78, 5) is 14.2. The van der Waals surface area contributed by atoms with Crippen LogP contribution >= 0.6 is 23.2 Å². The van der Waals surface area contributed by atoms with Gasteiger partial charge in [-0.3, -0.25) is 4.79 Å². The number of rotatable bonds is 3. The Bertz CT molecular complexity index is 626. The van der Waals surface area contributed by atoms with Crippen molar-refractivity contribution in [2.24, 2.45) is 0 Å². The van der Waals surface area contributed by atoms with Crippen LogP contribution < -0.4 is 0 Å². The molecule has 19 heavy (non-hydrogen) atoms. The van der Waals surface area contributed by atoms with Crippen molar-refractivity contribution >= 4 is 29.2 Å². The van der Waals surface area contributed by atoms with Crippen LogP contribution in [0.25, 0.3) is 11.1 Å². The summed E-state index contributed by atoms with van der Waals surface area (Å²) < 4.78 is 13.7. The van der Waals surface area contributed by atoms with E-state index < -0.39 is 11.9 Å². The molecule has 0 amide bonds. The van der Waals surface area contributed by atoms with Gasteiger partial charge in [-0.2, -0.15) is 4.39 Å². The number of aromatic nitrogens is 1. The third-order valence-corrected chi connectivity index (χ3v) is 2.86. The van der Waals surface area contributed by atoms with E-state index in [1.807, 2.05) is 0 Å². The highest BCUT2D eigenvalue weighted by molar-refractivity contribution is 6.35. The molecule has 98 valence electrons. The van der Waals surface area contributed by atoms with Crippen LogP contribution in [0.15, 0.2) is 30.5 Å². The lowest BCUT2D eigenvalue weighted by Crippen LogP contribution is -2.02. The highest BCUT2D eigenvalue weighted by Crippen LogP contribution is 2.29. The second-order valence-corrected chi connectivity index (χ2v) is 4.78. The molecule has 0 radical (unpaired) electrons. The molecule has 1 aromatic carbocycles. The molecule has 2 aromatic rings. The minimum atomic E-state index is -1.01. The molecule has 0 atom stereocenters. The Morgan fingerprint density at radius 1 is 1.21 bits per heavy atom. The number of hydrogen-bond acceptors (Lipinski definition) is 2. The number of aliphatic carboxylic acids is 1. The molecule has 1 N–H and O–H groups in total. The Balaban J connectivity index is 2.51. The third kappa shape index (κ3) is 3.43. The molecule has 2 rings (SSSR count). The molecular formula is C13H8Cl2FNO2. The van der Waals surface area contributed by atoms with Crippen LogP contribution in [0, 0.1) is 5.95 Å². The van der Waals surface area contributed by atoms with Crippen LogP contribution in [-0.4, -0.2) is 16.1 Å².